The lowest BCUT2D eigenvalue weighted by Gasteiger charge is -2.39. The maximum Gasteiger partial charge on any atom is 0.238 e. The van der Waals surface area contributed by atoms with Crippen molar-refractivity contribution in [1.29, 1.82) is 0 Å². The van der Waals surface area contributed by atoms with E-state index in [9.17, 15) is 4.79 Å². The molecule has 0 radical (unpaired) electrons. The molecule has 0 saturated carbocycles. The van der Waals surface area contributed by atoms with Crippen molar-refractivity contribution in [1.82, 2.24) is 0 Å². The van der Waals surface area contributed by atoms with Gasteiger partial charge < -0.3 is 0 Å². The van der Waals surface area contributed by atoms with Crippen molar-refractivity contribution < 1.29 is 4.79 Å². The molecule has 0 bridgehead atoms. The lowest BCUT2D eigenvalue weighted by molar-refractivity contribution is -0.116. The fraction of sp³-hybridized carbons (Fsp3) is 0.381. The molecule has 2 aromatic carbocycles. The van der Waals surface area contributed by atoms with Crippen LogP contribution in [0.5, 0.6) is 0 Å². The molecule has 2 aromatic rings. The number of hydrogen-bond acceptors (Lipinski definition) is 2. The number of halogens is 1. The van der Waals surface area contributed by atoms with E-state index < -0.39 is 0 Å². The predicted molar refractivity (Wildman–Crippen MR) is 109 cm³/mol. The molecule has 1 amide bonds. The quantitative estimate of drug-likeness (QED) is 0.592. The number of amides is 1. The molecule has 4 heteroatoms. The van der Waals surface area contributed by atoms with Gasteiger partial charge >= 0.3 is 0 Å². The van der Waals surface area contributed by atoms with Crippen LogP contribution in [0.25, 0.3) is 0 Å². The number of anilines is 1. The summed E-state index contributed by atoms with van der Waals surface area (Å²) < 4.78 is 1.04. The fourth-order valence-corrected chi connectivity index (χ4v) is 5.82. The molecule has 1 heterocycles. The summed E-state index contributed by atoms with van der Waals surface area (Å²) in [6.45, 7) is 4.37. The van der Waals surface area contributed by atoms with Crippen LogP contribution in [0.3, 0.4) is 0 Å². The van der Waals surface area contributed by atoms with Gasteiger partial charge in [0.15, 0.2) is 0 Å². The van der Waals surface area contributed by atoms with Crippen LogP contribution in [0.1, 0.15) is 41.5 Å². The van der Waals surface area contributed by atoms with Gasteiger partial charge in [0.1, 0.15) is 4.87 Å². The first kappa shape index (κ1) is 17.2. The Labute approximate surface area is 162 Å². The lowest BCUT2D eigenvalue weighted by atomic mass is 9.92. The average molecular weight is 416 g/mol. The minimum atomic E-state index is -0.255. The summed E-state index contributed by atoms with van der Waals surface area (Å²) in [5, 5.41) is 0. The van der Waals surface area contributed by atoms with Gasteiger partial charge in [-0.3, -0.25) is 9.69 Å². The number of nitrogens with zero attached hydrogens (tertiary/aromatic N) is 1. The van der Waals surface area contributed by atoms with E-state index in [1.165, 1.54) is 28.7 Å². The molecule has 1 fully saturated rings. The highest BCUT2D eigenvalue weighted by atomic mass is 79.9. The molecule has 1 saturated heterocycles. The Balaban J connectivity index is 1.91. The van der Waals surface area contributed by atoms with E-state index in [2.05, 4.69) is 58.9 Å². The molecule has 1 aliphatic heterocycles. The second-order valence-corrected chi connectivity index (χ2v) is 9.25. The Hall–Kier alpha value is -1.26. The zero-order chi connectivity index (χ0) is 17.6. The Morgan fingerprint density at radius 3 is 2.56 bits per heavy atom. The number of thioether (sulfide) groups is 1. The van der Waals surface area contributed by atoms with E-state index in [1.54, 1.807) is 0 Å². The lowest BCUT2D eigenvalue weighted by Crippen LogP contribution is -2.42. The topological polar surface area (TPSA) is 20.3 Å². The molecule has 130 valence electrons. The number of rotatable bonds is 1. The molecule has 2 aliphatic rings. The highest BCUT2D eigenvalue weighted by molar-refractivity contribution is 9.10. The standard InChI is InChI=1S/C21H22BrNOS/c1-14-11-16-5-3-4-10-21(19(16)12-15(14)2)23(20(24)13-25-21)18-8-6-17(22)7-9-18/h6-9,11-12H,3-5,10,13H2,1-2H3. The van der Waals surface area contributed by atoms with Gasteiger partial charge in [0.2, 0.25) is 5.91 Å². The Morgan fingerprint density at radius 2 is 1.80 bits per heavy atom. The van der Waals surface area contributed by atoms with Crippen LogP contribution in [0, 0.1) is 13.8 Å². The summed E-state index contributed by atoms with van der Waals surface area (Å²) in [6.07, 6.45) is 4.48. The van der Waals surface area contributed by atoms with Crippen molar-refractivity contribution in [2.24, 2.45) is 0 Å². The van der Waals surface area contributed by atoms with Crippen molar-refractivity contribution in [2.75, 3.05) is 10.7 Å². The van der Waals surface area contributed by atoms with Crippen LogP contribution in [0.15, 0.2) is 40.9 Å². The molecule has 1 unspecified atom stereocenters. The van der Waals surface area contributed by atoms with E-state index >= 15 is 0 Å². The minimum Gasteiger partial charge on any atom is -0.292 e. The number of carbonyl (C=O) groups excluding carboxylic acids is 1. The van der Waals surface area contributed by atoms with E-state index in [1.807, 2.05) is 23.9 Å². The molecule has 2 nitrogen and oxygen atoms in total. The van der Waals surface area contributed by atoms with Crippen LogP contribution in [0.4, 0.5) is 5.69 Å². The highest BCUT2D eigenvalue weighted by Gasteiger charge is 2.49. The third-order valence-corrected chi connectivity index (χ3v) is 7.49. The van der Waals surface area contributed by atoms with Gasteiger partial charge in [0.25, 0.3) is 0 Å². The third kappa shape index (κ3) is 2.83. The first-order valence-corrected chi connectivity index (χ1v) is 10.6. The summed E-state index contributed by atoms with van der Waals surface area (Å²) in [5.41, 5.74) is 6.44. The van der Waals surface area contributed by atoms with Crippen molar-refractivity contribution in [3.05, 3.63) is 63.1 Å². The van der Waals surface area contributed by atoms with E-state index in [4.69, 9.17) is 0 Å². The van der Waals surface area contributed by atoms with Crippen LogP contribution < -0.4 is 4.90 Å². The fourth-order valence-electron chi connectivity index (χ4n) is 4.10. The molecular weight excluding hydrogens is 394 g/mol. The van der Waals surface area contributed by atoms with Crippen molar-refractivity contribution >= 4 is 39.3 Å². The zero-order valence-electron chi connectivity index (χ0n) is 14.6. The number of aryl methyl sites for hydroxylation is 3. The molecule has 0 aromatic heterocycles. The maximum atomic E-state index is 12.9. The summed E-state index contributed by atoms with van der Waals surface area (Å²) in [6, 6.07) is 12.9. The molecule has 0 N–H and O–H groups in total. The second-order valence-electron chi connectivity index (χ2n) is 7.08. The van der Waals surface area contributed by atoms with Gasteiger partial charge in [-0.05, 0) is 86.1 Å². The van der Waals surface area contributed by atoms with Crippen LogP contribution in [-0.4, -0.2) is 11.7 Å². The monoisotopic (exact) mass is 415 g/mol. The van der Waals surface area contributed by atoms with Crippen molar-refractivity contribution in [2.45, 2.75) is 44.4 Å². The second kappa shape index (κ2) is 6.48. The molecule has 4 rings (SSSR count). The summed E-state index contributed by atoms with van der Waals surface area (Å²) in [7, 11) is 0. The first-order chi connectivity index (χ1) is 12.0. The smallest absolute Gasteiger partial charge is 0.238 e. The third-order valence-electron chi connectivity index (χ3n) is 5.48. The van der Waals surface area contributed by atoms with E-state index in [0.717, 1.165) is 29.4 Å². The SMILES string of the molecule is Cc1cc2c(cc1C)C1(CCCC2)SCC(=O)N1c1ccc(Br)cc1. The van der Waals surface area contributed by atoms with Gasteiger partial charge in [0, 0.05) is 10.2 Å². The number of carbonyl (C=O) groups is 1. The normalized spacial score (nSPS) is 23.0. The molecule has 1 aliphatic carbocycles. The minimum absolute atomic E-state index is 0.221. The molecule has 25 heavy (non-hydrogen) atoms. The van der Waals surface area contributed by atoms with Crippen LogP contribution in [0.2, 0.25) is 0 Å². The maximum absolute atomic E-state index is 12.9. The predicted octanol–water partition coefficient (Wildman–Crippen LogP) is 5.73. The van der Waals surface area contributed by atoms with Crippen LogP contribution in [-0.2, 0) is 16.1 Å². The van der Waals surface area contributed by atoms with E-state index in [-0.39, 0.29) is 10.8 Å². The van der Waals surface area contributed by atoms with Crippen LogP contribution >= 0.6 is 27.7 Å². The first-order valence-electron chi connectivity index (χ1n) is 8.84. The molecule has 1 atom stereocenters. The van der Waals surface area contributed by atoms with Gasteiger partial charge in [-0.15, -0.1) is 11.8 Å². The Bertz CT molecular complexity index is 833. The summed E-state index contributed by atoms with van der Waals surface area (Å²) in [5.74, 6) is 0.779. The average Bonchev–Trinajstić information content (AvgIpc) is 2.82. The van der Waals surface area contributed by atoms with Crippen molar-refractivity contribution in [3.63, 3.8) is 0 Å². The number of fused-ring (bicyclic) bond motifs is 2. The van der Waals surface area contributed by atoms with Gasteiger partial charge in [-0.25, -0.2) is 0 Å². The Kier molecular flexibility index (Phi) is 4.45. The number of hydrogen-bond donors (Lipinski definition) is 0. The van der Waals surface area contributed by atoms with Gasteiger partial charge in [-0.2, -0.15) is 0 Å². The van der Waals surface area contributed by atoms with E-state index in [0.29, 0.717) is 5.75 Å². The molecular formula is C21H22BrNOS. The van der Waals surface area contributed by atoms with Gasteiger partial charge in [-0.1, -0.05) is 28.1 Å². The highest BCUT2D eigenvalue weighted by Crippen LogP contribution is 2.53. The number of benzene rings is 2. The zero-order valence-corrected chi connectivity index (χ0v) is 17.0. The summed E-state index contributed by atoms with van der Waals surface area (Å²) in [4.78, 5) is 14.7. The summed E-state index contributed by atoms with van der Waals surface area (Å²) >= 11 is 5.32. The van der Waals surface area contributed by atoms with Gasteiger partial charge in [0.05, 0.1) is 5.75 Å². The Morgan fingerprint density at radius 1 is 1.08 bits per heavy atom. The molecule has 1 spiro atoms. The largest absolute Gasteiger partial charge is 0.292 e. The van der Waals surface area contributed by atoms with Crippen molar-refractivity contribution in [3.8, 4) is 0 Å².